The van der Waals surface area contributed by atoms with Gasteiger partial charge in [0.25, 0.3) is 0 Å². The summed E-state index contributed by atoms with van der Waals surface area (Å²) in [5.41, 5.74) is 2.51. The summed E-state index contributed by atoms with van der Waals surface area (Å²) in [7, 11) is 0. The van der Waals surface area contributed by atoms with E-state index in [9.17, 15) is 0 Å². The van der Waals surface area contributed by atoms with E-state index in [2.05, 4.69) is 34.1 Å². The minimum atomic E-state index is 0.763. The standard InChI is InChI=1S/C14H19N3/c15-14-4-3-11-17(14)13-7-5-12(6-8-13)16-9-1-2-10-16/h5-8,15H,1-4,9-11H2. The van der Waals surface area contributed by atoms with Gasteiger partial charge in [-0.05, 0) is 43.5 Å². The zero-order valence-electron chi connectivity index (χ0n) is 10.2. The zero-order chi connectivity index (χ0) is 11.7. The van der Waals surface area contributed by atoms with Crippen molar-refractivity contribution in [3.05, 3.63) is 24.3 Å². The predicted octanol–water partition coefficient (Wildman–Crippen LogP) is 2.86. The molecule has 3 nitrogen and oxygen atoms in total. The highest BCUT2D eigenvalue weighted by molar-refractivity contribution is 5.97. The van der Waals surface area contributed by atoms with Crippen molar-refractivity contribution in [1.29, 1.82) is 5.41 Å². The Labute approximate surface area is 103 Å². The number of nitrogens with one attached hydrogen (secondary N) is 1. The minimum absolute atomic E-state index is 0.763. The molecule has 3 heteroatoms. The van der Waals surface area contributed by atoms with Gasteiger partial charge in [-0.3, -0.25) is 5.41 Å². The molecule has 1 N–H and O–H groups in total. The lowest BCUT2D eigenvalue weighted by atomic mass is 10.2. The van der Waals surface area contributed by atoms with Crippen LogP contribution in [0.25, 0.3) is 0 Å². The molecule has 2 heterocycles. The van der Waals surface area contributed by atoms with Gasteiger partial charge in [-0.15, -0.1) is 0 Å². The van der Waals surface area contributed by atoms with Crippen LogP contribution in [0.3, 0.4) is 0 Å². The second-order valence-corrected chi connectivity index (χ2v) is 4.91. The summed E-state index contributed by atoms with van der Waals surface area (Å²) in [6, 6.07) is 8.72. The highest BCUT2D eigenvalue weighted by atomic mass is 15.2. The van der Waals surface area contributed by atoms with Crippen LogP contribution in [0.1, 0.15) is 25.7 Å². The number of hydrogen-bond donors (Lipinski definition) is 1. The molecule has 0 unspecified atom stereocenters. The van der Waals surface area contributed by atoms with E-state index in [-0.39, 0.29) is 0 Å². The lowest BCUT2D eigenvalue weighted by molar-refractivity contribution is 0.949. The average molecular weight is 229 g/mol. The largest absolute Gasteiger partial charge is 0.372 e. The Kier molecular flexibility index (Phi) is 2.75. The molecule has 2 aliphatic rings. The molecule has 0 spiro atoms. The first-order valence-electron chi connectivity index (χ1n) is 6.54. The molecule has 0 aliphatic carbocycles. The van der Waals surface area contributed by atoms with Crippen LogP contribution in [0.5, 0.6) is 0 Å². The summed E-state index contributed by atoms with van der Waals surface area (Å²) in [4.78, 5) is 4.56. The van der Waals surface area contributed by atoms with Crippen molar-refractivity contribution in [1.82, 2.24) is 0 Å². The maximum Gasteiger partial charge on any atom is 0.100 e. The molecule has 0 saturated carbocycles. The van der Waals surface area contributed by atoms with E-state index in [0.29, 0.717) is 0 Å². The smallest absolute Gasteiger partial charge is 0.100 e. The summed E-state index contributed by atoms with van der Waals surface area (Å²) in [5.74, 6) is 0.763. The molecule has 3 rings (SSSR count). The molecule has 90 valence electrons. The van der Waals surface area contributed by atoms with Crippen molar-refractivity contribution in [3.8, 4) is 0 Å². The van der Waals surface area contributed by atoms with Gasteiger partial charge in [-0.25, -0.2) is 0 Å². The number of hydrogen-bond acceptors (Lipinski definition) is 2. The third-order valence-corrected chi connectivity index (χ3v) is 3.75. The van der Waals surface area contributed by atoms with Crippen molar-refractivity contribution >= 4 is 17.2 Å². The number of benzene rings is 1. The highest BCUT2D eigenvalue weighted by Crippen LogP contribution is 2.26. The van der Waals surface area contributed by atoms with Crippen molar-refractivity contribution in [3.63, 3.8) is 0 Å². The Hall–Kier alpha value is -1.51. The summed E-state index contributed by atoms with van der Waals surface area (Å²) < 4.78 is 0. The van der Waals surface area contributed by atoms with E-state index in [1.54, 1.807) is 0 Å². The molecule has 1 aromatic carbocycles. The highest BCUT2D eigenvalue weighted by Gasteiger charge is 2.18. The van der Waals surface area contributed by atoms with Gasteiger partial charge in [0.15, 0.2) is 0 Å². The van der Waals surface area contributed by atoms with Crippen LogP contribution in [-0.4, -0.2) is 25.5 Å². The molecule has 2 saturated heterocycles. The summed E-state index contributed by atoms with van der Waals surface area (Å²) in [6.45, 7) is 3.39. The first kappa shape index (κ1) is 10.6. The van der Waals surface area contributed by atoms with Crippen LogP contribution >= 0.6 is 0 Å². The van der Waals surface area contributed by atoms with Crippen LogP contribution in [0, 0.1) is 5.41 Å². The van der Waals surface area contributed by atoms with Crippen LogP contribution in [0.4, 0.5) is 11.4 Å². The third-order valence-electron chi connectivity index (χ3n) is 3.75. The zero-order valence-corrected chi connectivity index (χ0v) is 10.2. The predicted molar refractivity (Wildman–Crippen MR) is 72.2 cm³/mol. The van der Waals surface area contributed by atoms with Crippen molar-refractivity contribution < 1.29 is 0 Å². The molecule has 2 fully saturated rings. The summed E-state index contributed by atoms with van der Waals surface area (Å²) in [6.07, 6.45) is 4.68. The van der Waals surface area contributed by atoms with Crippen LogP contribution in [-0.2, 0) is 0 Å². The molecular formula is C14H19N3. The molecular weight excluding hydrogens is 210 g/mol. The summed E-state index contributed by atoms with van der Waals surface area (Å²) >= 11 is 0. The third kappa shape index (κ3) is 2.02. The first-order valence-corrected chi connectivity index (χ1v) is 6.54. The van der Waals surface area contributed by atoms with Crippen molar-refractivity contribution in [2.24, 2.45) is 0 Å². The van der Waals surface area contributed by atoms with Crippen LogP contribution in [0.15, 0.2) is 24.3 Å². The maximum atomic E-state index is 7.88. The maximum absolute atomic E-state index is 7.88. The van der Waals surface area contributed by atoms with Gasteiger partial charge < -0.3 is 9.80 Å². The van der Waals surface area contributed by atoms with E-state index in [0.717, 1.165) is 25.2 Å². The number of nitrogens with zero attached hydrogens (tertiary/aromatic N) is 2. The van der Waals surface area contributed by atoms with E-state index < -0.39 is 0 Å². The Bertz CT molecular complexity index is 404. The van der Waals surface area contributed by atoms with E-state index in [1.807, 2.05) is 0 Å². The van der Waals surface area contributed by atoms with Gasteiger partial charge in [-0.2, -0.15) is 0 Å². The number of anilines is 2. The van der Waals surface area contributed by atoms with Crippen LogP contribution in [0.2, 0.25) is 0 Å². The molecule has 0 atom stereocenters. The van der Waals surface area contributed by atoms with E-state index >= 15 is 0 Å². The molecule has 1 aromatic rings. The second kappa shape index (κ2) is 4.40. The van der Waals surface area contributed by atoms with Gasteiger partial charge >= 0.3 is 0 Å². The number of rotatable bonds is 2. The van der Waals surface area contributed by atoms with Gasteiger partial charge in [0.05, 0.1) is 0 Å². The van der Waals surface area contributed by atoms with Gasteiger partial charge in [0.2, 0.25) is 0 Å². The van der Waals surface area contributed by atoms with Gasteiger partial charge in [-0.1, -0.05) is 0 Å². The van der Waals surface area contributed by atoms with Crippen molar-refractivity contribution in [2.45, 2.75) is 25.7 Å². The number of amidine groups is 1. The molecule has 0 radical (unpaired) electrons. The Balaban J connectivity index is 1.77. The normalized spacial score (nSPS) is 20.4. The lowest BCUT2D eigenvalue weighted by Crippen LogP contribution is -2.23. The molecule has 0 aromatic heterocycles. The molecule has 2 aliphatic heterocycles. The lowest BCUT2D eigenvalue weighted by Gasteiger charge is -2.21. The van der Waals surface area contributed by atoms with Gasteiger partial charge in [0.1, 0.15) is 5.84 Å². The molecule has 17 heavy (non-hydrogen) atoms. The fourth-order valence-corrected chi connectivity index (χ4v) is 2.78. The SMILES string of the molecule is N=C1CCCN1c1ccc(N2CCCC2)cc1. The summed E-state index contributed by atoms with van der Waals surface area (Å²) in [5, 5.41) is 7.88. The first-order chi connectivity index (χ1) is 8.34. The van der Waals surface area contributed by atoms with E-state index in [4.69, 9.17) is 5.41 Å². The average Bonchev–Trinajstić information content (AvgIpc) is 3.00. The van der Waals surface area contributed by atoms with Gasteiger partial charge in [0, 0.05) is 37.4 Å². The topological polar surface area (TPSA) is 30.3 Å². The quantitative estimate of drug-likeness (QED) is 0.845. The fourth-order valence-electron chi connectivity index (χ4n) is 2.78. The minimum Gasteiger partial charge on any atom is -0.372 e. The Morgan fingerprint density at radius 3 is 2.06 bits per heavy atom. The molecule has 0 amide bonds. The monoisotopic (exact) mass is 229 g/mol. The Morgan fingerprint density at radius 1 is 0.824 bits per heavy atom. The van der Waals surface area contributed by atoms with Crippen molar-refractivity contribution in [2.75, 3.05) is 29.4 Å². The fraction of sp³-hybridized carbons (Fsp3) is 0.500. The van der Waals surface area contributed by atoms with Crippen LogP contribution < -0.4 is 9.80 Å². The molecule has 0 bridgehead atoms. The second-order valence-electron chi connectivity index (χ2n) is 4.91. The Morgan fingerprint density at radius 2 is 1.47 bits per heavy atom. The van der Waals surface area contributed by atoms with E-state index in [1.165, 1.54) is 37.3 Å².